The molecule has 4 rings (SSSR count). The molecule has 4 heteroatoms. The van der Waals surface area contributed by atoms with Gasteiger partial charge < -0.3 is 9.47 Å². The van der Waals surface area contributed by atoms with E-state index in [1.54, 1.807) is 17.7 Å². The normalized spacial score (nSPS) is 29.8. The van der Waals surface area contributed by atoms with Gasteiger partial charge in [0.05, 0.1) is 19.3 Å². The maximum absolute atomic E-state index is 14.7. The zero-order valence-electron chi connectivity index (χ0n) is 19.9. The summed E-state index contributed by atoms with van der Waals surface area (Å²) in [4.78, 5) is 0. The van der Waals surface area contributed by atoms with Crippen LogP contribution in [0.3, 0.4) is 0 Å². The third-order valence-corrected chi connectivity index (χ3v) is 8.13. The second-order valence-electron chi connectivity index (χ2n) is 10.2. The van der Waals surface area contributed by atoms with Crippen LogP contribution in [0.4, 0.5) is 8.78 Å². The summed E-state index contributed by atoms with van der Waals surface area (Å²) in [6, 6.07) is 3.33. The fraction of sp³-hybridized carbons (Fsp3) is 0.714. The minimum absolute atomic E-state index is 0.0371. The van der Waals surface area contributed by atoms with Crippen LogP contribution in [0.5, 0.6) is 5.75 Å². The van der Waals surface area contributed by atoms with Crippen molar-refractivity contribution < 1.29 is 18.3 Å². The quantitative estimate of drug-likeness (QED) is 0.268. The van der Waals surface area contributed by atoms with Crippen molar-refractivity contribution in [2.45, 2.75) is 96.5 Å². The summed E-state index contributed by atoms with van der Waals surface area (Å²) in [5.41, 5.74) is 2.21. The van der Waals surface area contributed by atoms with E-state index < -0.39 is 11.6 Å². The summed E-state index contributed by atoms with van der Waals surface area (Å²) in [5.74, 6) is 0.845. The van der Waals surface area contributed by atoms with Crippen LogP contribution in [0.2, 0.25) is 0 Å². The Hall–Kier alpha value is -1.42. The van der Waals surface area contributed by atoms with Crippen molar-refractivity contribution in [3.05, 3.63) is 41.0 Å². The second-order valence-corrected chi connectivity index (χ2v) is 10.2. The molecule has 3 aliphatic rings. The van der Waals surface area contributed by atoms with Crippen LogP contribution in [0.1, 0.15) is 96.0 Å². The molecule has 0 amide bonds. The predicted molar refractivity (Wildman–Crippen MR) is 125 cm³/mol. The molecule has 0 radical (unpaired) electrons. The van der Waals surface area contributed by atoms with E-state index in [0.717, 1.165) is 57.0 Å². The first-order chi connectivity index (χ1) is 15.6. The van der Waals surface area contributed by atoms with Crippen LogP contribution in [0, 0.1) is 29.4 Å². The Kier molecular flexibility index (Phi) is 8.26. The van der Waals surface area contributed by atoms with E-state index in [4.69, 9.17) is 9.47 Å². The van der Waals surface area contributed by atoms with Crippen LogP contribution >= 0.6 is 0 Å². The first-order valence-electron chi connectivity index (χ1n) is 13.0. The van der Waals surface area contributed by atoms with E-state index in [0.29, 0.717) is 18.1 Å². The van der Waals surface area contributed by atoms with Crippen molar-refractivity contribution in [1.29, 1.82) is 0 Å². The summed E-state index contributed by atoms with van der Waals surface area (Å²) in [7, 11) is 0. The van der Waals surface area contributed by atoms with E-state index in [2.05, 4.69) is 13.0 Å². The van der Waals surface area contributed by atoms with Gasteiger partial charge in [-0.25, -0.2) is 4.39 Å². The van der Waals surface area contributed by atoms with Crippen LogP contribution in [-0.4, -0.2) is 19.3 Å². The summed E-state index contributed by atoms with van der Waals surface area (Å²) in [5, 5.41) is 0. The molecule has 2 nitrogen and oxygen atoms in total. The number of fused-ring (bicyclic) bond motifs is 1. The number of rotatable bonds is 10. The Morgan fingerprint density at radius 2 is 1.75 bits per heavy atom. The lowest BCUT2D eigenvalue weighted by Crippen LogP contribution is -2.25. The third kappa shape index (κ3) is 5.21. The van der Waals surface area contributed by atoms with E-state index >= 15 is 0 Å². The number of allylic oxidation sites excluding steroid dienone is 2. The number of hydrogen-bond donors (Lipinski definition) is 0. The topological polar surface area (TPSA) is 18.5 Å². The molecular weight excluding hydrogens is 406 g/mol. The van der Waals surface area contributed by atoms with Crippen LogP contribution < -0.4 is 4.74 Å². The molecule has 0 saturated heterocycles. The SMILES string of the molecule is CCCCOc1ccc(C2CCC(OCC3CCC4C(CCC)=CCC34)CC2)c(F)c1F. The maximum atomic E-state index is 14.7. The zero-order chi connectivity index (χ0) is 22.5. The average molecular weight is 447 g/mol. The summed E-state index contributed by atoms with van der Waals surface area (Å²) in [6.07, 6.45) is 14.5. The van der Waals surface area contributed by atoms with Gasteiger partial charge in [-0.15, -0.1) is 0 Å². The molecule has 32 heavy (non-hydrogen) atoms. The van der Waals surface area contributed by atoms with Gasteiger partial charge in [0.1, 0.15) is 0 Å². The molecule has 0 bridgehead atoms. The van der Waals surface area contributed by atoms with Crippen molar-refractivity contribution >= 4 is 0 Å². The van der Waals surface area contributed by atoms with Crippen molar-refractivity contribution in [3.63, 3.8) is 0 Å². The standard InChI is InChI=1S/C28H40F2O2/c1-3-5-17-31-26-16-15-25(27(29)28(26)30)20-7-11-22(12-8-20)32-18-21-10-14-23-19(6-4-2)9-13-24(21)23/h9,15-16,20-24H,3-8,10-14,17-18H2,1-2H3. The highest BCUT2D eigenvalue weighted by molar-refractivity contribution is 5.33. The molecule has 2 fully saturated rings. The van der Waals surface area contributed by atoms with E-state index in [-0.39, 0.29) is 17.8 Å². The maximum Gasteiger partial charge on any atom is 0.200 e. The van der Waals surface area contributed by atoms with Gasteiger partial charge in [0, 0.05) is 0 Å². The van der Waals surface area contributed by atoms with Gasteiger partial charge in [0.25, 0.3) is 0 Å². The van der Waals surface area contributed by atoms with E-state index in [1.165, 1.54) is 32.1 Å². The molecule has 0 aromatic heterocycles. The Labute approximate surface area is 192 Å². The lowest BCUT2D eigenvalue weighted by Gasteiger charge is -2.30. The first kappa shape index (κ1) is 23.7. The van der Waals surface area contributed by atoms with Gasteiger partial charge in [0.2, 0.25) is 5.82 Å². The molecule has 3 aliphatic carbocycles. The van der Waals surface area contributed by atoms with Crippen molar-refractivity contribution in [1.82, 2.24) is 0 Å². The highest BCUT2D eigenvalue weighted by Gasteiger charge is 2.40. The smallest absolute Gasteiger partial charge is 0.200 e. The monoisotopic (exact) mass is 446 g/mol. The predicted octanol–water partition coefficient (Wildman–Crippen LogP) is 7.96. The number of unbranched alkanes of at least 4 members (excludes halogenated alkanes) is 1. The summed E-state index contributed by atoms with van der Waals surface area (Å²) >= 11 is 0. The van der Waals surface area contributed by atoms with Crippen LogP contribution in [0.25, 0.3) is 0 Å². The molecule has 1 aromatic carbocycles. The van der Waals surface area contributed by atoms with Gasteiger partial charge in [-0.3, -0.25) is 0 Å². The van der Waals surface area contributed by atoms with Gasteiger partial charge in [-0.2, -0.15) is 4.39 Å². The third-order valence-electron chi connectivity index (χ3n) is 8.13. The zero-order valence-corrected chi connectivity index (χ0v) is 19.9. The molecule has 0 spiro atoms. The Morgan fingerprint density at radius 3 is 2.50 bits per heavy atom. The van der Waals surface area contributed by atoms with Gasteiger partial charge in [-0.05, 0) is 93.1 Å². The number of ether oxygens (including phenoxy) is 2. The molecule has 0 aliphatic heterocycles. The fourth-order valence-corrected chi connectivity index (χ4v) is 6.29. The largest absolute Gasteiger partial charge is 0.490 e. The molecule has 3 atom stereocenters. The Bertz CT molecular complexity index is 782. The van der Waals surface area contributed by atoms with Gasteiger partial charge in [0.15, 0.2) is 11.6 Å². The van der Waals surface area contributed by atoms with Crippen molar-refractivity contribution in [3.8, 4) is 5.75 Å². The molecule has 0 N–H and O–H groups in total. The molecule has 0 heterocycles. The Balaban J connectivity index is 1.24. The van der Waals surface area contributed by atoms with E-state index in [9.17, 15) is 8.78 Å². The molecule has 2 saturated carbocycles. The first-order valence-corrected chi connectivity index (χ1v) is 13.0. The minimum atomic E-state index is -0.833. The average Bonchev–Trinajstić information content (AvgIpc) is 3.39. The second kappa shape index (κ2) is 11.1. The van der Waals surface area contributed by atoms with E-state index in [1.807, 2.05) is 6.92 Å². The van der Waals surface area contributed by atoms with Crippen LogP contribution in [-0.2, 0) is 4.74 Å². The molecular formula is C28H40F2O2. The number of hydrogen-bond acceptors (Lipinski definition) is 2. The highest BCUT2D eigenvalue weighted by Crippen LogP contribution is 2.49. The highest BCUT2D eigenvalue weighted by atomic mass is 19.2. The summed E-state index contributed by atoms with van der Waals surface area (Å²) < 4.78 is 41.0. The van der Waals surface area contributed by atoms with Gasteiger partial charge >= 0.3 is 0 Å². The molecule has 178 valence electrons. The van der Waals surface area contributed by atoms with Crippen molar-refractivity contribution in [2.24, 2.45) is 17.8 Å². The van der Waals surface area contributed by atoms with Crippen molar-refractivity contribution in [2.75, 3.05) is 13.2 Å². The lowest BCUT2D eigenvalue weighted by molar-refractivity contribution is -0.00281. The summed E-state index contributed by atoms with van der Waals surface area (Å²) in [6.45, 7) is 5.61. The number of halogens is 2. The van der Waals surface area contributed by atoms with Gasteiger partial charge in [-0.1, -0.05) is 44.4 Å². The lowest BCUT2D eigenvalue weighted by atomic mass is 9.82. The minimum Gasteiger partial charge on any atom is -0.490 e. The fourth-order valence-electron chi connectivity index (χ4n) is 6.29. The molecule has 1 aromatic rings. The Morgan fingerprint density at radius 1 is 0.938 bits per heavy atom. The van der Waals surface area contributed by atoms with Crippen LogP contribution in [0.15, 0.2) is 23.8 Å². The molecule has 3 unspecified atom stereocenters. The number of benzene rings is 1.